The van der Waals surface area contributed by atoms with Crippen LogP contribution in [-0.4, -0.2) is 58.6 Å². The van der Waals surface area contributed by atoms with Crippen LogP contribution in [0, 0.1) is 12.8 Å². The van der Waals surface area contributed by atoms with Gasteiger partial charge >= 0.3 is 6.03 Å². The van der Waals surface area contributed by atoms with Crippen molar-refractivity contribution in [2.45, 2.75) is 37.5 Å². The molecule has 0 spiro atoms. The van der Waals surface area contributed by atoms with E-state index in [2.05, 4.69) is 10.6 Å². The van der Waals surface area contributed by atoms with E-state index in [1.807, 2.05) is 19.1 Å². The predicted molar refractivity (Wildman–Crippen MR) is 105 cm³/mol. The third-order valence-corrected chi connectivity index (χ3v) is 6.79. The smallest absolute Gasteiger partial charge is 0.314 e. The first-order valence-corrected chi connectivity index (χ1v) is 10.9. The Morgan fingerprint density at radius 3 is 2.41 bits per heavy atom. The van der Waals surface area contributed by atoms with E-state index in [-0.39, 0.29) is 6.03 Å². The van der Waals surface area contributed by atoms with Crippen molar-refractivity contribution in [3.63, 3.8) is 0 Å². The van der Waals surface area contributed by atoms with E-state index in [9.17, 15) is 13.2 Å². The molecule has 0 atom stereocenters. The van der Waals surface area contributed by atoms with Gasteiger partial charge in [-0.3, -0.25) is 0 Å². The van der Waals surface area contributed by atoms with Crippen molar-refractivity contribution in [1.82, 2.24) is 14.9 Å². The maximum atomic E-state index is 12.7. The van der Waals surface area contributed by atoms with Crippen LogP contribution in [-0.2, 0) is 14.8 Å². The van der Waals surface area contributed by atoms with Crippen molar-refractivity contribution in [3.05, 3.63) is 29.8 Å². The van der Waals surface area contributed by atoms with Crippen molar-refractivity contribution in [1.29, 1.82) is 0 Å². The molecule has 1 aliphatic heterocycles. The molecule has 2 N–H and O–H groups in total. The first-order valence-electron chi connectivity index (χ1n) is 9.51. The molecule has 0 bridgehead atoms. The summed E-state index contributed by atoms with van der Waals surface area (Å²) in [4.78, 5) is 12.0. The van der Waals surface area contributed by atoms with Crippen molar-refractivity contribution >= 4 is 16.1 Å². The van der Waals surface area contributed by atoms with Gasteiger partial charge in [0, 0.05) is 39.9 Å². The standard InChI is InChI=1S/C19H31N3O4S/c1-16-4-6-18(7-5-16)27(24,25)22-13-9-17(10-14-22)8-12-21-19(23)20-11-3-15-26-2/h4-7,17H,3,8-15H2,1-2H3,(H2,20,21,23). The highest BCUT2D eigenvalue weighted by atomic mass is 32.2. The molecule has 7 nitrogen and oxygen atoms in total. The van der Waals surface area contributed by atoms with E-state index in [0.29, 0.717) is 43.6 Å². The molecule has 0 radical (unpaired) electrons. The van der Waals surface area contributed by atoms with E-state index in [1.165, 1.54) is 0 Å². The van der Waals surface area contributed by atoms with Crippen LogP contribution in [0.1, 0.15) is 31.2 Å². The van der Waals surface area contributed by atoms with Gasteiger partial charge in [-0.25, -0.2) is 13.2 Å². The molecule has 1 fully saturated rings. The first-order chi connectivity index (χ1) is 12.9. The average molecular weight is 398 g/mol. The number of sulfonamides is 1. The number of urea groups is 1. The number of rotatable bonds is 9. The highest BCUT2D eigenvalue weighted by Crippen LogP contribution is 2.25. The van der Waals surface area contributed by atoms with Crippen LogP contribution in [0.4, 0.5) is 4.79 Å². The second kappa shape index (κ2) is 10.6. The summed E-state index contributed by atoms with van der Waals surface area (Å²) in [7, 11) is -1.77. The lowest BCUT2D eigenvalue weighted by molar-refractivity contribution is 0.193. The molecule has 0 aliphatic carbocycles. The fraction of sp³-hybridized carbons (Fsp3) is 0.632. The Labute approximate surface area is 162 Å². The number of benzene rings is 1. The number of nitrogens with zero attached hydrogens (tertiary/aromatic N) is 1. The molecule has 0 aromatic heterocycles. The van der Waals surface area contributed by atoms with Crippen molar-refractivity contribution < 1.29 is 17.9 Å². The summed E-state index contributed by atoms with van der Waals surface area (Å²) in [5.41, 5.74) is 1.04. The molecule has 1 saturated heterocycles. The van der Waals surface area contributed by atoms with Crippen molar-refractivity contribution in [2.75, 3.05) is 39.9 Å². The zero-order chi connectivity index (χ0) is 19.7. The SMILES string of the molecule is COCCCNC(=O)NCCC1CCN(S(=O)(=O)c2ccc(C)cc2)CC1. The monoisotopic (exact) mass is 397 g/mol. The van der Waals surface area contributed by atoms with Crippen molar-refractivity contribution in [3.8, 4) is 0 Å². The van der Waals surface area contributed by atoms with Crippen LogP contribution in [0.5, 0.6) is 0 Å². The molecule has 1 heterocycles. The van der Waals surface area contributed by atoms with E-state index in [1.54, 1.807) is 23.5 Å². The molecule has 2 amide bonds. The minimum Gasteiger partial charge on any atom is -0.385 e. The molecule has 8 heteroatoms. The Kier molecular flexibility index (Phi) is 8.53. The molecular formula is C19H31N3O4S. The summed E-state index contributed by atoms with van der Waals surface area (Å²) >= 11 is 0. The predicted octanol–water partition coefficient (Wildman–Crippen LogP) is 2.12. The van der Waals surface area contributed by atoms with Gasteiger partial charge in [0.25, 0.3) is 0 Å². The number of hydrogen-bond donors (Lipinski definition) is 2. The van der Waals surface area contributed by atoms with E-state index in [4.69, 9.17) is 4.74 Å². The second-order valence-corrected chi connectivity index (χ2v) is 8.92. The minimum atomic E-state index is -3.41. The molecule has 1 aromatic rings. The number of methoxy groups -OCH3 is 1. The quantitative estimate of drug-likeness (QED) is 0.625. The summed E-state index contributed by atoms with van der Waals surface area (Å²) in [5, 5.41) is 5.64. The molecule has 0 saturated carbocycles. The summed E-state index contributed by atoms with van der Waals surface area (Å²) in [6.45, 7) is 4.83. The zero-order valence-corrected chi connectivity index (χ0v) is 17.1. The number of piperidine rings is 1. The second-order valence-electron chi connectivity index (χ2n) is 6.98. The number of carbonyl (C=O) groups is 1. The van der Waals surface area contributed by atoms with E-state index < -0.39 is 10.0 Å². The molecular weight excluding hydrogens is 366 g/mol. The molecule has 1 aromatic carbocycles. The lowest BCUT2D eigenvalue weighted by Crippen LogP contribution is -2.40. The van der Waals surface area contributed by atoms with Crippen LogP contribution in [0.3, 0.4) is 0 Å². The molecule has 2 rings (SSSR count). The lowest BCUT2D eigenvalue weighted by Gasteiger charge is -2.31. The summed E-state index contributed by atoms with van der Waals surface area (Å²) < 4.78 is 31.9. The van der Waals surface area contributed by atoms with Gasteiger partial charge in [0.2, 0.25) is 10.0 Å². The number of ether oxygens (including phenoxy) is 1. The van der Waals surface area contributed by atoms with Gasteiger partial charge in [-0.05, 0) is 50.7 Å². The zero-order valence-electron chi connectivity index (χ0n) is 16.2. The Hall–Kier alpha value is -1.64. The molecule has 1 aliphatic rings. The number of nitrogens with one attached hydrogen (secondary N) is 2. The van der Waals surface area contributed by atoms with Gasteiger partial charge in [0.1, 0.15) is 0 Å². The van der Waals surface area contributed by atoms with E-state index >= 15 is 0 Å². The number of hydrogen-bond acceptors (Lipinski definition) is 4. The number of carbonyl (C=O) groups excluding carboxylic acids is 1. The third-order valence-electron chi connectivity index (χ3n) is 4.88. The summed E-state index contributed by atoms with van der Waals surface area (Å²) in [6.07, 6.45) is 3.30. The average Bonchev–Trinajstić information content (AvgIpc) is 2.66. The Morgan fingerprint density at radius 2 is 1.78 bits per heavy atom. The summed E-state index contributed by atoms with van der Waals surface area (Å²) in [5.74, 6) is 0.434. The fourth-order valence-electron chi connectivity index (χ4n) is 3.17. The topological polar surface area (TPSA) is 87.7 Å². The van der Waals surface area contributed by atoms with Crippen LogP contribution < -0.4 is 10.6 Å². The van der Waals surface area contributed by atoms with Crippen LogP contribution in [0.25, 0.3) is 0 Å². The highest BCUT2D eigenvalue weighted by Gasteiger charge is 2.29. The Morgan fingerprint density at radius 1 is 1.15 bits per heavy atom. The van der Waals surface area contributed by atoms with Gasteiger partial charge in [-0.15, -0.1) is 0 Å². The van der Waals surface area contributed by atoms with Gasteiger partial charge < -0.3 is 15.4 Å². The van der Waals surface area contributed by atoms with Crippen LogP contribution >= 0.6 is 0 Å². The van der Waals surface area contributed by atoms with Gasteiger partial charge in [-0.1, -0.05) is 17.7 Å². The van der Waals surface area contributed by atoms with Gasteiger partial charge in [0.15, 0.2) is 0 Å². The molecule has 27 heavy (non-hydrogen) atoms. The summed E-state index contributed by atoms with van der Waals surface area (Å²) in [6, 6.07) is 6.83. The van der Waals surface area contributed by atoms with Crippen molar-refractivity contribution in [2.24, 2.45) is 5.92 Å². The van der Waals surface area contributed by atoms with Crippen LogP contribution in [0.2, 0.25) is 0 Å². The van der Waals surface area contributed by atoms with E-state index in [0.717, 1.165) is 31.2 Å². The van der Waals surface area contributed by atoms with Gasteiger partial charge in [0.05, 0.1) is 4.90 Å². The number of amides is 2. The molecule has 152 valence electrons. The van der Waals surface area contributed by atoms with Crippen LogP contribution in [0.15, 0.2) is 29.2 Å². The lowest BCUT2D eigenvalue weighted by atomic mass is 9.95. The maximum Gasteiger partial charge on any atom is 0.314 e. The Bertz CT molecular complexity index is 683. The molecule has 0 unspecified atom stereocenters. The number of aryl methyl sites for hydroxylation is 1. The highest BCUT2D eigenvalue weighted by molar-refractivity contribution is 7.89. The Balaban J connectivity index is 1.69. The third kappa shape index (κ3) is 6.79. The van der Waals surface area contributed by atoms with Gasteiger partial charge in [-0.2, -0.15) is 4.31 Å². The minimum absolute atomic E-state index is 0.162. The first kappa shape index (κ1) is 21.7. The maximum absolute atomic E-state index is 12.7. The normalized spacial score (nSPS) is 16.2. The largest absolute Gasteiger partial charge is 0.385 e. The fourth-order valence-corrected chi connectivity index (χ4v) is 4.64.